The van der Waals surface area contributed by atoms with Crippen molar-refractivity contribution in [3.8, 4) is 5.69 Å². The molecule has 19 heavy (non-hydrogen) atoms. The molecule has 2 aromatic rings. The zero-order valence-corrected chi connectivity index (χ0v) is 12.7. The third-order valence-corrected chi connectivity index (χ3v) is 3.67. The Morgan fingerprint density at radius 3 is 2.63 bits per heavy atom. The number of hydrogen-bond donors (Lipinski definition) is 1. The third kappa shape index (κ3) is 2.67. The van der Waals surface area contributed by atoms with Crippen LogP contribution in [-0.2, 0) is 13.0 Å². The summed E-state index contributed by atoms with van der Waals surface area (Å²) in [5.41, 5.74) is 5.85. The highest BCUT2D eigenvalue weighted by Gasteiger charge is 2.14. The maximum atomic E-state index is 6.14. The number of halogens is 1. The quantitative estimate of drug-likeness (QED) is 0.928. The van der Waals surface area contributed by atoms with Crippen molar-refractivity contribution in [2.45, 2.75) is 33.7 Å². The fourth-order valence-corrected chi connectivity index (χ4v) is 2.66. The minimum absolute atomic E-state index is 0.737. The van der Waals surface area contributed by atoms with E-state index in [1.165, 1.54) is 16.8 Å². The molecule has 1 heterocycles. The molecule has 0 saturated carbocycles. The number of nitrogens with one attached hydrogen (secondary N) is 1. The van der Waals surface area contributed by atoms with E-state index in [-0.39, 0.29) is 0 Å². The summed E-state index contributed by atoms with van der Waals surface area (Å²) in [6, 6.07) is 5.95. The van der Waals surface area contributed by atoms with Gasteiger partial charge in [0, 0.05) is 17.3 Å². The SMILES string of the molecule is CCc1c(C)nn(-c2cc(Cl)ccc2CNC)c1C. The number of aryl methyl sites for hydroxylation is 1. The van der Waals surface area contributed by atoms with E-state index in [1.807, 2.05) is 23.9 Å². The summed E-state index contributed by atoms with van der Waals surface area (Å²) in [7, 11) is 1.94. The molecule has 0 aliphatic carbocycles. The van der Waals surface area contributed by atoms with Crippen molar-refractivity contribution in [1.29, 1.82) is 0 Å². The smallest absolute Gasteiger partial charge is 0.0708 e. The minimum Gasteiger partial charge on any atom is -0.316 e. The van der Waals surface area contributed by atoms with Crippen LogP contribution in [-0.4, -0.2) is 16.8 Å². The molecule has 0 aliphatic heterocycles. The molecule has 0 bridgehead atoms. The van der Waals surface area contributed by atoms with Crippen molar-refractivity contribution >= 4 is 11.6 Å². The van der Waals surface area contributed by atoms with Crippen molar-refractivity contribution in [3.63, 3.8) is 0 Å². The summed E-state index contributed by atoms with van der Waals surface area (Å²) in [6.07, 6.45) is 1.000. The van der Waals surface area contributed by atoms with Gasteiger partial charge in [-0.1, -0.05) is 24.6 Å². The molecule has 0 spiro atoms. The summed E-state index contributed by atoms with van der Waals surface area (Å²) >= 11 is 6.14. The Hall–Kier alpha value is -1.32. The largest absolute Gasteiger partial charge is 0.316 e. The zero-order valence-electron chi connectivity index (χ0n) is 11.9. The maximum Gasteiger partial charge on any atom is 0.0708 e. The van der Waals surface area contributed by atoms with Crippen LogP contribution in [0.3, 0.4) is 0 Å². The third-order valence-electron chi connectivity index (χ3n) is 3.44. The van der Waals surface area contributed by atoms with Crippen LogP contribution in [0.1, 0.15) is 29.4 Å². The van der Waals surface area contributed by atoms with E-state index in [1.54, 1.807) is 0 Å². The van der Waals surface area contributed by atoms with E-state index < -0.39 is 0 Å². The second-order valence-corrected chi connectivity index (χ2v) is 5.15. The van der Waals surface area contributed by atoms with Gasteiger partial charge in [-0.3, -0.25) is 0 Å². The number of hydrogen-bond acceptors (Lipinski definition) is 2. The number of nitrogens with zero attached hydrogens (tertiary/aromatic N) is 2. The molecule has 1 N–H and O–H groups in total. The summed E-state index contributed by atoms with van der Waals surface area (Å²) in [4.78, 5) is 0. The molecule has 2 rings (SSSR count). The Morgan fingerprint density at radius 1 is 1.32 bits per heavy atom. The Bertz CT molecular complexity index is 587. The van der Waals surface area contributed by atoms with Gasteiger partial charge in [0.2, 0.25) is 0 Å². The zero-order chi connectivity index (χ0) is 14.0. The molecular formula is C15H20ClN3. The summed E-state index contributed by atoms with van der Waals surface area (Å²) < 4.78 is 2.01. The molecule has 0 unspecified atom stereocenters. The lowest BCUT2D eigenvalue weighted by Crippen LogP contribution is -2.10. The van der Waals surface area contributed by atoms with Crippen molar-refractivity contribution in [2.24, 2.45) is 0 Å². The lowest BCUT2D eigenvalue weighted by molar-refractivity contribution is 0.775. The predicted octanol–water partition coefficient (Wildman–Crippen LogP) is 3.42. The highest BCUT2D eigenvalue weighted by molar-refractivity contribution is 6.30. The molecular weight excluding hydrogens is 258 g/mol. The predicted molar refractivity (Wildman–Crippen MR) is 80.2 cm³/mol. The van der Waals surface area contributed by atoms with Gasteiger partial charge in [0.05, 0.1) is 11.4 Å². The first-order valence-electron chi connectivity index (χ1n) is 6.57. The molecule has 1 aromatic heterocycles. The van der Waals surface area contributed by atoms with Gasteiger partial charge in [-0.05, 0) is 50.6 Å². The summed E-state index contributed by atoms with van der Waals surface area (Å²) in [6.45, 7) is 7.13. The first-order chi connectivity index (χ1) is 9.08. The van der Waals surface area contributed by atoms with Gasteiger partial charge in [-0.15, -0.1) is 0 Å². The molecule has 0 aliphatic rings. The van der Waals surface area contributed by atoms with E-state index in [0.29, 0.717) is 0 Å². The maximum absolute atomic E-state index is 6.14. The van der Waals surface area contributed by atoms with Crippen molar-refractivity contribution in [2.75, 3.05) is 7.05 Å². The van der Waals surface area contributed by atoms with Crippen molar-refractivity contribution < 1.29 is 0 Å². The molecule has 0 radical (unpaired) electrons. The van der Waals surface area contributed by atoms with Crippen LogP contribution in [0.15, 0.2) is 18.2 Å². The Balaban J connectivity index is 2.60. The molecule has 1 aromatic carbocycles. The minimum atomic E-state index is 0.737. The van der Waals surface area contributed by atoms with Gasteiger partial charge in [0.1, 0.15) is 0 Å². The van der Waals surface area contributed by atoms with Crippen LogP contribution in [0, 0.1) is 13.8 Å². The van der Waals surface area contributed by atoms with E-state index in [0.717, 1.165) is 29.4 Å². The Kier molecular flexibility index (Phi) is 4.27. The molecule has 0 saturated heterocycles. The van der Waals surface area contributed by atoms with E-state index in [4.69, 9.17) is 11.6 Å². The van der Waals surface area contributed by atoms with E-state index in [2.05, 4.69) is 37.3 Å². The van der Waals surface area contributed by atoms with Crippen LogP contribution in [0.5, 0.6) is 0 Å². The van der Waals surface area contributed by atoms with Crippen molar-refractivity contribution in [1.82, 2.24) is 15.1 Å². The Morgan fingerprint density at radius 2 is 2.05 bits per heavy atom. The molecule has 0 atom stereocenters. The van der Waals surface area contributed by atoms with Crippen LogP contribution in [0.2, 0.25) is 5.02 Å². The first kappa shape index (κ1) is 14.1. The summed E-state index contributed by atoms with van der Waals surface area (Å²) in [5.74, 6) is 0. The van der Waals surface area contributed by atoms with Crippen LogP contribution in [0.4, 0.5) is 0 Å². The molecule has 0 fully saturated rings. The lowest BCUT2D eigenvalue weighted by Gasteiger charge is -2.12. The second-order valence-electron chi connectivity index (χ2n) is 4.72. The lowest BCUT2D eigenvalue weighted by atomic mass is 10.1. The van der Waals surface area contributed by atoms with Crippen LogP contribution < -0.4 is 5.32 Å². The highest BCUT2D eigenvalue weighted by atomic mass is 35.5. The average Bonchev–Trinajstić information content (AvgIpc) is 2.67. The topological polar surface area (TPSA) is 29.9 Å². The van der Waals surface area contributed by atoms with Crippen molar-refractivity contribution in [3.05, 3.63) is 45.7 Å². The van der Waals surface area contributed by atoms with Gasteiger partial charge >= 0.3 is 0 Å². The van der Waals surface area contributed by atoms with E-state index in [9.17, 15) is 0 Å². The van der Waals surface area contributed by atoms with Gasteiger partial charge in [0.25, 0.3) is 0 Å². The van der Waals surface area contributed by atoms with Gasteiger partial charge in [-0.25, -0.2) is 4.68 Å². The fraction of sp³-hybridized carbons (Fsp3) is 0.400. The highest BCUT2D eigenvalue weighted by Crippen LogP contribution is 2.24. The molecule has 0 amide bonds. The van der Waals surface area contributed by atoms with Crippen LogP contribution in [0.25, 0.3) is 5.69 Å². The van der Waals surface area contributed by atoms with Crippen LogP contribution >= 0.6 is 11.6 Å². The Labute approximate surface area is 119 Å². The molecule has 4 heteroatoms. The number of aromatic nitrogens is 2. The normalized spacial score (nSPS) is 11.0. The fourth-order valence-electron chi connectivity index (χ4n) is 2.50. The van der Waals surface area contributed by atoms with E-state index >= 15 is 0 Å². The first-order valence-corrected chi connectivity index (χ1v) is 6.94. The standard InChI is InChI=1S/C15H20ClN3/c1-5-14-10(2)18-19(11(14)3)15-8-13(16)7-6-12(15)9-17-4/h6-8,17H,5,9H2,1-4H3. The van der Waals surface area contributed by atoms with Gasteiger partial charge in [-0.2, -0.15) is 5.10 Å². The number of rotatable bonds is 4. The molecule has 3 nitrogen and oxygen atoms in total. The molecule has 102 valence electrons. The second kappa shape index (κ2) is 5.76. The monoisotopic (exact) mass is 277 g/mol. The number of benzene rings is 1. The summed E-state index contributed by atoms with van der Waals surface area (Å²) in [5, 5.41) is 8.59. The van der Waals surface area contributed by atoms with Gasteiger partial charge < -0.3 is 5.32 Å². The average molecular weight is 278 g/mol. The van der Waals surface area contributed by atoms with Gasteiger partial charge in [0.15, 0.2) is 0 Å².